The van der Waals surface area contributed by atoms with Crippen molar-refractivity contribution in [3.05, 3.63) is 34.9 Å². The number of piperidine rings is 1. The van der Waals surface area contributed by atoms with Crippen LogP contribution in [0.5, 0.6) is 0 Å². The summed E-state index contributed by atoms with van der Waals surface area (Å²) in [7, 11) is 0. The van der Waals surface area contributed by atoms with Crippen molar-refractivity contribution in [3.63, 3.8) is 0 Å². The van der Waals surface area contributed by atoms with Gasteiger partial charge in [0.05, 0.1) is 11.1 Å². The van der Waals surface area contributed by atoms with E-state index in [2.05, 4.69) is 20.9 Å². The Kier molecular flexibility index (Phi) is 8.98. The van der Waals surface area contributed by atoms with E-state index in [0.717, 1.165) is 0 Å². The number of nitrogens with one attached hydrogen (secondary N) is 3. The molecule has 1 aliphatic rings. The molecule has 1 aromatic carbocycles. The Morgan fingerprint density at radius 1 is 0.970 bits per heavy atom. The SMILES string of the molecule is CC(C)NC(=O)NCCN1CCC(CNC(=O)c2cc(C(F)(F)F)cc(C(F)(F)F)c2)CC1. The first-order chi connectivity index (χ1) is 15.3. The summed E-state index contributed by atoms with van der Waals surface area (Å²) in [6.07, 6.45) is -8.61. The molecule has 6 nitrogen and oxygen atoms in total. The molecule has 1 aromatic rings. The van der Waals surface area contributed by atoms with Crippen molar-refractivity contribution in [2.24, 2.45) is 5.92 Å². The number of urea groups is 1. The molecular weight excluding hydrogens is 454 g/mol. The maximum atomic E-state index is 13.0. The standard InChI is InChI=1S/C21H28F6N4O2/c1-13(2)30-19(33)28-5-8-31-6-3-14(4-7-31)12-29-18(32)15-9-16(20(22,23)24)11-17(10-15)21(25,26)27/h9-11,13-14H,3-8,12H2,1-2H3,(H,29,32)(H2,28,30,33). The van der Waals surface area contributed by atoms with Gasteiger partial charge >= 0.3 is 18.4 Å². The minimum atomic E-state index is -5.01. The van der Waals surface area contributed by atoms with Gasteiger partial charge in [0, 0.05) is 31.2 Å². The van der Waals surface area contributed by atoms with E-state index in [1.54, 1.807) is 0 Å². The number of amides is 3. The number of likely N-dealkylation sites (tertiary alicyclic amines) is 1. The number of carbonyl (C=O) groups excluding carboxylic acids is 2. The number of halogens is 6. The number of nitrogens with zero attached hydrogens (tertiary/aromatic N) is 1. The van der Waals surface area contributed by atoms with Gasteiger partial charge in [-0.1, -0.05) is 0 Å². The Morgan fingerprint density at radius 2 is 1.52 bits per heavy atom. The molecule has 2 rings (SSSR count). The Bertz CT molecular complexity index is 786. The largest absolute Gasteiger partial charge is 0.416 e. The average Bonchev–Trinajstić information content (AvgIpc) is 2.70. The molecule has 0 unspecified atom stereocenters. The summed E-state index contributed by atoms with van der Waals surface area (Å²) in [5, 5.41) is 7.93. The van der Waals surface area contributed by atoms with Crippen molar-refractivity contribution in [2.75, 3.05) is 32.7 Å². The molecule has 33 heavy (non-hydrogen) atoms. The summed E-state index contributed by atoms with van der Waals surface area (Å²) in [5.74, 6) is -0.926. The van der Waals surface area contributed by atoms with Gasteiger partial charge in [0.2, 0.25) is 0 Å². The molecule has 3 N–H and O–H groups in total. The lowest BCUT2D eigenvalue weighted by Gasteiger charge is -2.32. The highest BCUT2D eigenvalue weighted by atomic mass is 19.4. The number of hydrogen-bond acceptors (Lipinski definition) is 3. The number of alkyl halides is 6. The van der Waals surface area contributed by atoms with Crippen LogP contribution in [0.15, 0.2) is 18.2 Å². The summed E-state index contributed by atoms with van der Waals surface area (Å²) in [6, 6.07) is 0.636. The van der Waals surface area contributed by atoms with Gasteiger partial charge in [-0.2, -0.15) is 26.3 Å². The monoisotopic (exact) mass is 482 g/mol. The van der Waals surface area contributed by atoms with Gasteiger partial charge in [-0.15, -0.1) is 0 Å². The van der Waals surface area contributed by atoms with Crippen LogP contribution in [0.1, 0.15) is 48.2 Å². The van der Waals surface area contributed by atoms with Crippen LogP contribution in [-0.4, -0.2) is 55.6 Å². The van der Waals surface area contributed by atoms with Crippen molar-refractivity contribution in [3.8, 4) is 0 Å². The number of carbonyl (C=O) groups is 2. The average molecular weight is 482 g/mol. The maximum absolute atomic E-state index is 13.0. The van der Waals surface area contributed by atoms with Crippen LogP contribution in [0.2, 0.25) is 0 Å². The van der Waals surface area contributed by atoms with E-state index in [1.165, 1.54) is 0 Å². The summed E-state index contributed by atoms with van der Waals surface area (Å²) < 4.78 is 77.8. The molecule has 186 valence electrons. The molecule has 12 heteroatoms. The second-order valence-corrected chi connectivity index (χ2v) is 8.34. The van der Waals surface area contributed by atoms with Crippen LogP contribution < -0.4 is 16.0 Å². The van der Waals surface area contributed by atoms with Gasteiger partial charge < -0.3 is 20.9 Å². The number of hydrogen-bond donors (Lipinski definition) is 3. The normalized spacial score (nSPS) is 16.0. The molecule has 0 aromatic heterocycles. The fourth-order valence-corrected chi connectivity index (χ4v) is 3.48. The van der Waals surface area contributed by atoms with E-state index in [4.69, 9.17) is 0 Å². The zero-order valence-corrected chi connectivity index (χ0v) is 18.4. The maximum Gasteiger partial charge on any atom is 0.416 e. The van der Waals surface area contributed by atoms with E-state index < -0.39 is 35.0 Å². The van der Waals surface area contributed by atoms with Crippen LogP contribution in [0.25, 0.3) is 0 Å². The van der Waals surface area contributed by atoms with Crippen LogP contribution in [0, 0.1) is 5.92 Å². The summed E-state index contributed by atoms with van der Waals surface area (Å²) in [4.78, 5) is 26.0. The Balaban J connectivity index is 1.84. The predicted octanol–water partition coefficient (Wildman–Crippen LogP) is 3.87. The summed E-state index contributed by atoms with van der Waals surface area (Å²) in [5.41, 5.74) is -3.72. The number of rotatable bonds is 7. The zero-order valence-electron chi connectivity index (χ0n) is 18.4. The van der Waals surface area contributed by atoms with Gasteiger partial charge in [-0.05, 0) is 63.9 Å². The highest BCUT2D eigenvalue weighted by Crippen LogP contribution is 2.36. The second-order valence-electron chi connectivity index (χ2n) is 8.34. The third-order valence-corrected chi connectivity index (χ3v) is 5.24. The lowest BCUT2D eigenvalue weighted by molar-refractivity contribution is -0.143. The molecule has 1 fully saturated rings. The molecule has 1 heterocycles. The van der Waals surface area contributed by atoms with Crippen LogP contribution in [0.4, 0.5) is 31.1 Å². The van der Waals surface area contributed by atoms with Crippen LogP contribution in [0.3, 0.4) is 0 Å². The van der Waals surface area contributed by atoms with Crippen molar-refractivity contribution in [2.45, 2.75) is 45.1 Å². The fourth-order valence-electron chi connectivity index (χ4n) is 3.48. The molecule has 0 saturated carbocycles. The Hall–Kier alpha value is -2.50. The molecule has 1 saturated heterocycles. The third-order valence-electron chi connectivity index (χ3n) is 5.24. The molecule has 1 aliphatic heterocycles. The van der Waals surface area contributed by atoms with Gasteiger partial charge in [0.1, 0.15) is 0 Å². The van der Waals surface area contributed by atoms with Crippen molar-refractivity contribution in [1.29, 1.82) is 0 Å². The second kappa shape index (κ2) is 11.1. The van der Waals surface area contributed by atoms with Crippen LogP contribution >= 0.6 is 0 Å². The van der Waals surface area contributed by atoms with E-state index in [0.29, 0.717) is 51.2 Å². The van der Waals surface area contributed by atoms with Crippen molar-refractivity contribution >= 4 is 11.9 Å². The first-order valence-corrected chi connectivity index (χ1v) is 10.6. The molecule has 0 radical (unpaired) electrons. The fraction of sp³-hybridized carbons (Fsp3) is 0.619. The van der Waals surface area contributed by atoms with Crippen molar-refractivity contribution in [1.82, 2.24) is 20.9 Å². The van der Waals surface area contributed by atoms with E-state index >= 15 is 0 Å². The van der Waals surface area contributed by atoms with E-state index in [1.807, 2.05) is 13.8 Å². The van der Waals surface area contributed by atoms with E-state index in [9.17, 15) is 35.9 Å². The Morgan fingerprint density at radius 3 is 2.00 bits per heavy atom. The number of benzene rings is 1. The first kappa shape index (κ1) is 26.7. The molecule has 0 aliphatic carbocycles. The van der Waals surface area contributed by atoms with Crippen LogP contribution in [-0.2, 0) is 12.4 Å². The van der Waals surface area contributed by atoms with Gasteiger partial charge in [0.25, 0.3) is 5.91 Å². The highest BCUT2D eigenvalue weighted by molar-refractivity contribution is 5.94. The lowest BCUT2D eigenvalue weighted by Crippen LogP contribution is -2.45. The summed E-state index contributed by atoms with van der Waals surface area (Å²) in [6.45, 7) is 6.38. The third kappa shape index (κ3) is 8.75. The summed E-state index contributed by atoms with van der Waals surface area (Å²) >= 11 is 0. The molecular formula is C21H28F6N4O2. The zero-order chi connectivity index (χ0) is 24.8. The molecule has 3 amide bonds. The Labute approximate surface area is 188 Å². The lowest BCUT2D eigenvalue weighted by atomic mass is 9.96. The molecule has 0 spiro atoms. The first-order valence-electron chi connectivity index (χ1n) is 10.6. The van der Waals surface area contributed by atoms with E-state index in [-0.39, 0.29) is 30.6 Å². The van der Waals surface area contributed by atoms with Gasteiger partial charge in [0.15, 0.2) is 0 Å². The smallest absolute Gasteiger partial charge is 0.352 e. The van der Waals surface area contributed by atoms with Gasteiger partial charge in [-0.3, -0.25) is 4.79 Å². The quantitative estimate of drug-likeness (QED) is 0.517. The van der Waals surface area contributed by atoms with Crippen molar-refractivity contribution < 1.29 is 35.9 Å². The molecule has 0 bridgehead atoms. The van der Waals surface area contributed by atoms with Gasteiger partial charge in [-0.25, -0.2) is 4.79 Å². The minimum Gasteiger partial charge on any atom is -0.352 e. The molecule has 0 atom stereocenters. The predicted molar refractivity (Wildman–Crippen MR) is 110 cm³/mol. The topological polar surface area (TPSA) is 73.5 Å². The minimum absolute atomic E-state index is 0.00613. The highest BCUT2D eigenvalue weighted by Gasteiger charge is 2.37.